The zero-order chi connectivity index (χ0) is 11.4. The van der Waals surface area contributed by atoms with Crippen LogP contribution in [0.2, 0.25) is 5.02 Å². The Bertz CT molecular complexity index is 325. The van der Waals surface area contributed by atoms with Crippen LogP contribution in [-0.2, 0) is 6.54 Å². The first-order valence-corrected chi connectivity index (χ1v) is 7.30. The lowest BCUT2D eigenvalue weighted by Gasteiger charge is -2.31. The molecule has 3 heteroatoms. The first-order chi connectivity index (χ1) is 7.78. The second-order valence-corrected chi connectivity index (χ2v) is 5.61. The molecule has 1 saturated heterocycles. The Morgan fingerprint density at radius 3 is 2.75 bits per heavy atom. The van der Waals surface area contributed by atoms with Gasteiger partial charge < -0.3 is 0 Å². The maximum atomic E-state index is 5.88. The molecule has 1 aliphatic heterocycles. The van der Waals surface area contributed by atoms with Crippen LogP contribution in [0.15, 0.2) is 24.3 Å². The number of hydrogen-bond acceptors (Lipinski definition) is 1. The van der Waals surface area contributed by atoms with Gasteiger partial charge in [-0.25, -0.2) is 0 Å². The third-order valence-corrected chi connectivity index (χ3v) is 4.31. The molecular weight excluding hydrogens is 286 g/mol. The second kappa shape index (κ2) is 6.04. The maximum absolute atomic E-state index is 5.88. The van der Waals surface area contributed by atoms with E-state index in [0.717, 1.165) is 22.8 Å². The highest BCUT2D eigenvalue weighted by atomic mass is 79.9. The van der Waals surface area contributed by atoms with Crippen LogP contribution in [-0.4, -0.2) is 23.3 Å². The summed E-state index contributed by atoms with van der Waals surface area (Å²) >= 11 is 9.47. The van der Waals surface area contributed by atoms with Crippen molar-refractivity contribution in [2.24, 2.45) is 5.92 Å². The summed E-state index contributed by atoms with van der Waals surface area (Å²) in [6.07, 6.45) is 2.69. The van der Waals surface area contributed by atoms with Crippen LogP contribution in [0.1, 0.15) is 18.4 Å². The van der Waals surface area contributed by atoms with Crippen molar-refractivity contribution in [2.45, 2.75) is 19.4 Å². The molecule has 88 valence electrons. The van der Waals surface area contributed by atoms with Gasteiger partial charge in [0.05, 0.1) is 0 Å². The van der Waals surface area contributed by atoms with Gasteiger partial charge in [0.2, 0.25) is 0 Å². The van der Waals surface area contributed by atoms with Gasteiger partial charge >= 0.3 is 0 Å². The molecule has 0 amide bonds. The number of benzene rings is 1. The average molecular weight is 303 g/mol. The van der Waals surface area contributed by atoms with Gasteiger partial charge in [-0.2, -0.15) is 0 Å². The smallest absolute Gasteiger partial charge is 0.0406 e. The van der Waals surface area contributed by atoms with Crippen molar-refractivity contribution in [3.63, 3.8) is 0 Å². The number of hydrogen-bond donors (Lipinski definition) is 0. The third-order valence-electron chi connectivity index (χ3n) is 3.14. The molecule has 1 nitrogen and oxygen atoms in total. The lowest BCUT2D eigenvalue weighted by Crippen LogP contribution is -2.35. The van der Waals surface area contributed by atoms with Crippen molar-refractivity contribution >= 4 is 27.5 Å². The SMILES string of the molecule is Clc1ccc(CN2CCCC(CBr)C2)cc1. The van der Waals surface area contributed by atoms with Crippen molar-refractivity contribution in [2.75, 3.05) is 18.4 Å². The van der Waals surface area contributed by atoms with Crippen LogP contribution in [0.4, 0.5) is 0 Å². The zero-order valence-electron chi connectivity index (χ0n) is 9.33. The summed E-state index contributed by atoms with van der Waals surface area (Å²) in [6.45, 7) is 3.50. The normalized spacial score (nSPS) is 22.2. The number of likely N-dealkylation sites (tertiary alicyclic amines) is 1. The Balaban J connectivity index is 1.91. The molecule has 0 radical (unpaired) electrons. The Hall–Kier alpha value is -0.0500. The molecule has 1 unspecified atom stereocenters. The Morgan fingerprint density at radius 2 is 2.06 bits per heavy atom. The number of halogens is 2. The molecule has 1 heterocycles. The molecule has 0 saturated carbocycles. The monoisotopic (exact) mass is 301 g/mol. The fourth-order valence-corrected chi connectivity index (χ4v) is 2.92. The number of rotatable bonds is 3. The molecule has 1 aromatic rings. The van der Waals surface area contributed by atoms with E-state index in [9.17, 15) is 0 Å². The van der Waals surface area contributed by atoms with Crippen LogP contribution >= 0.6 is 27.5 Å². The van der Waals surface area contributed by atoms with E-state index in [2.05, 4.69) is 33.0 Å². The van der Waals surface area contributed by atoms with Gasteiger partial charge in [0.25, 0.3) is 0 Å². The van der Waals surface area contributed by atoms with Crippen LogP contribution in [0.5, 0.6) is 0 Å². The van der Waals surface area contributed by atoms with E-state index in [1.165, 1.54) is 31.5 Å². The standard InChI is InChI=1S/C13H17BrClN/c14-8-12-2-1-7-16(10-12)9-11-3-5-13(15)6-4-11/h3-6,12H,1-2,7-10H2. The first kappa shape index (κ1) is 12.4. The van der Waals surface area contributed by atoms with Gasteiger partial charge in [-0.15, -0.1) is 0 Å². The molecule has 0 aromatic heterocycles. The minimum absolute atomic E-state index is 0.820. The van der Waals surface area contributed by atoms with Crippen molar-refractivity contribution in [3.8, 4) is 0 Å². The number of nitrogens with zero attached hydrogens (tertiary/aromatic N) is 1. The fourth-order valence-electron chi connectivity index (χ4n) is 2.27. The molecule has 1 aromatic carbocycles. The molecule has 16 heavy (non-hydrogen) atoms. The summed E-state index contributed by atoms with van der Waals surface area (Å²) in [5, 5.41) is 1.95. The molecule has 1 aliphatic rings. The maximum Gasteiger partial charge on any atom is 0.0406 e. The third kappa shape index (κ3) is 3.47. The van der Waals surface area contributed by atoms with Crippen LogP contribution in [0.3, 0.4) is 0 Å². The van der Waals surface area contributed by atoms with E-state index in [0.29, 0.717) is 0 Å². The van der Waals surface area contributed by atoms with Crippen molar-refractivity contribution in [1.82, 2.24) is 4.90 Å². The van der Waals surface area contributed by atoms with E-state index < -0.39 is 0 Å². The van der Waals surface area contributed by atoms with Gasteiger partial charge in [-0.3, -0.25) is 4.90 Å². The second-order valence-electron chi connectivity index (χ2n) is 4.52. The van der Waals surface area contributed by atoms with E-state index in [1.807, 2.05) is 12.1 Å². The lowest BCUT2D eigenvalue weighted by atomic mass is 10.00. The van der Waals surface area contributed by atoms with Crippen LogP contribution in [0.25, 0.3) is 0 Å². The Labute approximate surface area is 111 Å². The van der Waals surface area contributed by atoms with Crippen molar-refractivity contribution in [3.05, 3.63) is 34.9 Å². The van der Waals surface area contributed by atoms with Gasteiger partial charge in [0.15, 0.2) is 0 Å². The van der Waals surface area contributed by atoms with E-state index in [4.69, 9.17) is 11.6 Å². The Morgan fingerprint density at radius 1 is 1.31 bits per heavy atom. The Kier molecular flexibility index (Phi) is 4.68. The minimum atomic E-state index is 0.820. The average Bonchev–Trinajstić information content (AvgIpc) is 2.32. The predicted molar refractivity (Wildman–Crippen MR) is 73.2 cm³/mol. The zero-order valence-corrected chi connectivity index (χ0v) is 11.7. The molecule has 1 atom stereocenters. The lowest BCUT2D eigenvalue weighted by molar-refractivity contribution is 0.179. The minimum Gasteiger partial charge on any atom is -0.299 e. The van der Waals surface area contributed by atoms with Crippen LogP contribution < -0.4 is 0 Å². The highest BCUT2D eigenvalue weighted by Gasteiger charge is 2.18. The highest BCUT2D eigenvalue weighted by Crippen LogP contribution is 2.20. The van der Waals surface area contributed by atoms with Crippen molar-refractivity contribution < 1.29 is 0 Å². The quantitative estimate of drug-likeness (QED) is 0.764. The fraction of sp³-hybridized carbons (Fsp3) is 0.538. The largest absolute Gasteiger partial charge is 0.299 e. The molecule has 0 aliphatic carbocycles. The molecule has 2 rings (SSSR count). The topological polar surface area (TPSA) is 3.24 Å². The van der Waals surface area contributed by atoms with Gasteiger partial charge in [0, 0.05) is 23.4 Å². The summed E-state index contributed by atoms with van der Waals surface area (Å²) < 4.78 is 0. The summed E-state index contributed by atoms with van der Waals surface area (Å²) in [4.78, 5) is 2.54. The molecule has 1 fully saturated rings. The summed E-state index contributed by atoms with van der Waals surface area (Å²) in [6, 6.07) is 8.20. The van der Waals surface area contributed by atoms with E-state index >= 15 is 0 Å². The summed E-state index contributed by atoms with van der Waals surface area (Å²) in [5.74, 6) is 0.820. The first-order valence-electron chi connectivity index (χ1n) is 5.80. The number of piperidine rings is 1. The summed E-state index contributed by atoms with van der Waals surface area (Å²) in [7, 11) is 0. The molecular formula is C13H17BrClN. The van der Waals surface area contributed by atoms with Gasteiger partial charge in [-0.05, 0) is 43.0 Å². The van der Waals surface area contributed by atoms with Gasteiger partial charge in [0.1, 0.15) is 0 Å². The van der Waals surface area contributed by atoms with Gasteiger partial charge in [-0.1, -0.05) is 39.7 Å². The molecule has 0 spiro atoms. The molecule has 0 bridgehead atoms. The number of alkyl halides is 1. The predicted octanol–water partition coefficient (Wildman–Crippen LogP) is 3.95. The summed E-state index contributed by atoms with van der Waals surface area (Å²) in [5.41, 5.74) is 1.36. The van der Waals surface area contributed by atoms with Crippen LogP contribution in [0, 0.1) is 5.92 Å². The molecule has 0 N–H and O–H groups in total. The van der Waals surface area contributed by atoms with E-state index in [1.54, 1.807) is 0 Å². The van der Waals surface area contributed by atoms with Crippen molar-refractivity contribution in [1.29, 1.82) is 0 Å². The highest BCUT2D eigenvalue weighted by molar-refractivity contribution is 9.09. The van der Waals surface area contributed by atoms with E-state index in [-0.39, 0.29) is 0 Å².